The van der Waals surface area contributed by atoms with Crippen LogP contribution in [-0.4, -0.2) is 13.2 Å². The number of rotatable bonds is 4. The van der Waals surface area contributed by atoms with Crippen LogP contribution in [0.2, 0.25) is 0 Å². The van der Waals surface area contributed by atoms with Crippen LogP contribution in [0, 0.1) is 0 Å². The Morgan fingerprint density at radius 1 is 1.56 bits per heavy atom. The number of hydrogen-bond acceptors (Lipinski definition) is 3. The molecule has 4 heteroatoms. The van der Waals surface area contributed by atoms with Gasteiger partial charge in [0, 0.05) is 0 Å². The second kappa shape index (κ2) is 5.92. The van der Waals surface area contributed by atoms with E-state index in [2.05, 4.69) is 28.0 Å². The monoisotopic (exact) mass is 285 g/mol. The summed E-state index contributed by atoms with van der Waals surface area (Å²) in [6.45, 7) is 7.88. The van der Waals surface area contributed by atoms with E-state index in [1.165, 1.54) is 0 Å². The summed E-state index contributed by atoms with van der Waals surface area (Å²) in [5.41, 5.74) is 4.72. The number of hydrogen-bond donors (Lipinski definition) is 1. The lowest BCUT2D eigenvalue weighted by Crippen LogP contribution is -2.14. The van der Waals surface area contributed by atoms with Gasteiger partial charge in [-0.25, -0.2) is 0 Å². The highest BCUT2D eigenvalue weighted by Crippen LogP contribution is 2.26. The quantitative estimate of drug-likeness (QED) is 0.489. The molecular weight excluding hydrogens is 270 g/mol. The van der Waals surface area contributed by atoms with E-state index in [9.17, 15) is 0 Å². The van der Waals surface area contributed by atoms with Crippen molar-refractivity contribution in [2.24, 2.45) is 0 Å². The van der Waals surface area contributed by atoms with E-state index in [0.29, 0.717) is 0 Å². The molecule has 0 aromatic heterocycles. The Labute approximate surface area is 105 Å². The summed E-state index contributed by atoms with van der Waals surface area (Å²) in [6.07, 6.45) is 5.52. The zero-order valence-corrected chi connectivity index (χ0v) is 11.3. The van der Waals surface area contributed by atoms with Gasteiger partial charge in [-0.2, -0.15) is 0 Å². The van der Waals surface area contributed by atoms with Crippen molar-refractivity contribution in [3.05, 3.63) is 46.3 Å². The zero-order valence-electron chi connectivity index (χ0n) is 9.71. The molecule has 16 heavy (non-hydrogen) atoms. The molecule has 1 heterocycles. The van der Waals surface area contributed by atoms with Crippen LogP contribution in [-0.2, 0) is 9.57 Å². The number of nitrogens with one attached hydrogen (secondary N) is 1. The van der Waals surface area contributed by atoms with Crippen LogP contribution in [0.15, 0.2) is 46.3 Å². The van der Waals surface area contributed by atoms with E-state index in [1.807, 2.05) is 32.1 Å². The molecule has 0 aromatic rings. The minimum Gasteiger partial charge on any atom is -0.497 e. The van der Waals surface area contributed by atoms with Gasteiger partial charge in [0.1, 0.15) is 16.5 Å². The molecule has 1 aliphatic rings. The first-order valence-electron chi connectivity index (χ1n) is 4.95. The Balaban J connectivity index is 2.67. The Hall–Kier alpha value is -1.00. The highest BCUT2D eigenvalue weighted by molar-refractivity contribution is 9.11. The topological polar surface area (TPSA) is 30.5 Å². The van der Waals surface area contributed by atoms with Crippen LogP contribution in [0.4, 0.5) is 0 Å². The van der Waals surface area contributed by atoms with Gasteiger partial charge in [0.2, 0.25) is 0 Å². The molecule has 88 valence electrons. The van der Waals surface area contributed by atoms with Crippen molar-refractivity contribution in [1.82, 2.24) is 5.48 Å². The summed E-state index contributed by atoms with van der Waals surface area (Å²) < 4.78 is 5.98. The van der Waals surface area contributed by atoms with Gasteiger partial charge in [0.05, 0.1) is 7.11 Å². The molecule has 0 amide bonds. The molecule has 1 atom stereocenters. The van der Waals surface area contributed by atoms with Crippen LogP contribution in [0.3, 0.4) is 0 Å². The van der Waals surface area contributed by atoms with Gasteiger partial charge in [-0.1, -0.05) is 12.7 Å². The fourth-order valence-corrected chi connectivity index (χ4v) is 1.61. The molecule has 0 spiro atoms. The number of hydroxylamine groups is 1. The van der Waals surface area contributed by atoms with Crippen molar-refractivity contribution >= 4 is 15.9 Å². The summed E-state index contributed by atoms with van der Waals surface area (Å²) in [4.78, 5) is 5.36. The van der Waals surface area contributed by atoms with Gasteiger partial charge in [0.15, 0.2) is 0 Å². The molecule has 0 bridgehead atoms. The summed E-state index contributed by atoms with van der Waals surface area (Å²) in [7, 11) is 1.64. The molecule has 0 radical (unpaired) electrons. The van der Waals surface area contributed by atoms with E-state index >= 15 is 0 Å². The third-order valence-corrected chi connectivity index (χ3v) is 3.11. The van der Waals surface area contributed by atoms with E-state index in [0.717, 1.165) is 21.5 Å². The Morgan fingerprint density at radius 3 is 2.69 bits per heavy atom. The fraction of sp³-hybridized carbons (Fsp3) is 0.333. The van der Waals surface area contributed by atoms with Gasteiger partial charge in [-0.3, -0.25) is 10.3 Å². The van der Waals surface area contributed by atoms with E-state index in [1.54, 1.807) is 7.11 Å². The van der Waals surface area contributed by atoms with E-state index in [-0.39, 0.29) is 6.10 Å². The first-order chi connectivity index (χ1) is 7.60. The highest BCUT2D eigenvalue weighted by Gasteiger charge is 2.23. The number of ether oxygens (including phenoxy) is 1. The van der Waals surface area contributed by atoms with Crippen LogP contribution >= 0.6 is 15.9 Å². The number of halogens is 1. The van der Waals surface area contributed by atoms with Crippen LogP contribution in [0.5, 0.6) is 0 Å². The Kier molecular flexibility index (Phi) is 4.83. The minimum atomic E-state index is -0.124. The van der Waals surface area contributed by atoms with Crippen molar-refractivity contribution in [3.63, 3.8) is 0 Å². The Bertz CT molecular complexity index is 369. The van der Waals surface area contributed by atoms with Gasteiger partial charge in [0.25, 0.3) is 0 Å². The largest absolute Gasteiger partial charge is 0.497 e. The van der Waals surface area contributed by atoms with Gasteiger partial charge >= 0.3 is 0 Å². The molecule has 0 aliphatic carbocycles. The molecule has 0 saturated carbocycles. The smallest absolute Gasteiger partial charge is 0.133 e. The van der Waals surface area contributed by atoms with E-state index in [4.69, 9.17) is 9.57 Å². The average Bonchev–Trinajstić information content (AvgIpc) is 2.61. The van der Waals surface area contributed by atoms with Gasteiger partial charge in [-0.05, 0) is 53.1 Å². The lowest BCUT2D eigenvalue weighted by molar-refractivity contribution is 0.0646. The molecular formula is C12H16BrNO2. The minimum absolute atomic E-state index is 0.124. The maximum absolute atomic E-state index is 5.36. The zero-order chi connectivity index (χ0) is 12.1. The lowest BCUT2D eigenvalue weighted by atomic mass is 10.1. The fourth-order valence-electron chi connectivity index (χ4n) is 1.31. The number of methoxy groups -OCH3 is 1. The van der Waals surface area contributed by atoms with E-state index < -0.39 is 0 Å². The Morgan fingerprint density at radius 2 is 2.25 bits per heavy atom. The van der Waals surface area contributed by atoms with Crippen molar-refractivity contribution < 1.29 is 9.57 Å². The second-order valence-electron chi connectivity index (χ2n) is 3.40. The van der Waals surface area contributed by atoms with Crippen molar-refractivity contribution in [3.8, 4) is 0 Å². The lowest BCUT2D eigenvalue weighted by Gasteiger charge is -2.10. The highest BCUT2D eigenvalue weighted by atomic mass is 79.9. The van der Waals surface area contributed by atoms with Crippen LogP contribution in [0.1, 0.15) is 13.8 Å². The number of allylic oxidation sites excluding steroid dienone is 2. The molecule has 0 aromatic carbocycles. The second-order valence-corrected chi connectivity index (χ2v) is 4.19. The molecule has 3 nitrogen and oxygen atoms in total. The predicted molar refractivity (Wildman–Crippen MR) is 68.7 cm³/mol. The van der Waals surface area contributed by atoms with Crippen molar-refractivity contribution in [1.29, 1.82) is 0 Å². The maximum Gasteiger partial charge on any atom is 0.133 e. The molecule has 0 fully saturated rings. The normalized spacial score (nSPS) is 21.5. The molecule has 1 rings (SSSR count). The average molecular weight is 286 g/mol. The molecule has 0 saturated heterocycles. The summed E-state index contributed by atoms with van der Waals surface area (Å²) >= 11 is 3.36. The molecule has 1 aliphatic heterocycles. The molecule has 1 unspecified atom stereocenters. The van der Waals surface area contributed by atoms with Crippen LogP contribution in [0.25, 0.3) is 0 Å². The van der Waals surface area contributed by atoms with Crippen molar-refractivity contribution in [2.75, 3.05) is 7.11 Å². The first kappa shape index (κ1) is 13.1. The molecule has 1 N–H and O–H groups in total. The van der Waals surface area contributed by atoms with Gasteiger partial charge in [-0.15, -0.1) is 0 Å². The third kappa shape index (κ3) is 3.00. The summed E-state index contributed by atoms with van der Waals surface area (Å²) in [5.74, 6) is 0.799. The van der Waals surface area contributed by atoms with Crippen LogP contribution < -0.4 is 5.48 Å². The maximum atomic E-state index is 5.36. The summed E-state index contributed by atoms with van der Waals surface area (Å²) in [5, 5.41) is 0. The third-order valence-electron chi connectivity index (χ3n) is 2.32. The summed E-state index contributed by atoms with van der Waals surface area (Å²) in [6, 6.07) is 0. The predicted octanol–water partition coefficient (Wildman–Crippen LogP) is 3.18. The standard InChI is InChI=1S/C12H16BrNO2/c1-5-10(15-4)7-6-8(2)11-9(3)12(13)14-16-11/h5-7,11,14H,2H2,1,3-4H3. The first-order valence-corrected chi connectivity index (χ1v) is 5.74. The van der Waals surface area contributed by atoms with Crippen molar-refractivity contribution in [2.45, 2.75) is 20.0 Å². The SMILES string of the molecule is C=C(C=CC(=CC)OC)C1ONC(Br)=C1C. The van der Waals surface area contributed by atoms with Gasteiger partial charge < -0.3 is 4.74 Å².